The summed E-state index contributed by atoms with van der Waals surface area (Å²) in [4.78, 5) is 23.3. The van der Waals surface area contributed by atoms with Crippen LogP contribution in [0, 0.1) is 6.92 Å². The molecule has 0 aliphatic heterocycles. The van der Waals surface area contributed by atoms with Crippen molar-refractivity contribution in [2.75, 3.05) is 0 Å². The summed E-state index contributed by atoms with van der Waals surface area (Å²) in [5.41, 5.74) is 1.97. The second kappa shape index (κ2) is 6.15. The first-order valence-electron chi connectivity index (χ1n) is 6.88. The highest BCUT2D eigenvalue weighted by atomic mass is 32.1. The van der Waals surface area contributed by atoms with Gasteiger partial charge in [-0.2, -0.15) is 11.3 Å². The molecule has 112 valence electrons. The van der Waals surface area contributed by atoms with Crippen molar-refractivity contribution in [3.63, 3.8) is 0 Å². The lowest BCUT2D eigenvalue weighted by Crippen LogP contribution is -2.09. The van der Waals surface area contributed by atoms with Gasteiger partial charge in [-0.3, -0.25) is 4.79 Å². The smallest absolute Gasteiger partial charge is 0.336 e. The first-order chi connectivity index (χ1) is 10.6. The minimum Gasteiger partial charge on any atom is -0.426 e. The molecule has 0 fully saturated rings. The Morgan fingerprint density at radius 1 is 1.27 bits per heavy atom. The number of esters is 1. The van der Waals surface area contributed by atoms with E-state index >= 15 is 0 Å². The average Bonchev–Trinajstić information content (AvgIpc) is 2.98. The minimum absolute atomic E-state index is 0.305. The summed E-state index contributed by atoms with van der Waals surface area (Å²) < 4.78 is 10.4. The first-order valence-corrected chi connectivity index (χ1v) is 7.82. The van der Waals surface area contributed by atoms with Crippen molar-refractivity contribution >= 4 is 28.3 Å². The normalized spacial score (nSPS) is 10.8. The van der Waals surface area contributed by atoms with Gasteiger partial charge >= 0.3 is 11.6 Å². The lowest BCUT2D eigenvalue weighted by atomic mass is 10.1. The van der Waals surface area contributed by atoms with Crippen molar-refractivity contribution in [2.45, 2.75) is 19.8 Å². The van der Waals surface area contributed by atoms with Crippen LogP contribution in [-0.2, 0) is 11.2 Å². The first kappa shape index (κ1) is 14.5. The highest BCUT2D eigenvalue weighted by molar-refractivity contribution is 7.07. The third-order valence-corrected chi connectivity index (χ3v) is 4.08. The Hall–Kier alpha value is -2.40. The predicted molar refractivity (Wildman–Crippen MR) is 85.5 cm³/mol. The molecule has 0 radical (unpaired) electrons. The van der Waals surface area contributed by atoms with Crippen LogP contribution in [0.3, 0.4) is 0 Å². The van der Waals surface area contributed by atoms with Gasteiger partial charge in [0.05, 0.1) is 6.42 Å². The predicted octanol–water partition coefficient (Wildman–Crippen LogP) is 3.70. The summed E-state index contributed by atoms with van der Waals surface area (Å²) in [5.74, 6) is 0.0807. The van der Waals surface area contributed by atoms with E-state index in [4.69, 9.17) is 9.15 Å². The summed E-state index contributed by atoms with van der Waals surface area (Å²) >= 11 is 1.61. The molecule has 0 atom stereocenters. The highest BCUT2D eigenvalue weighted by Crippen LogP contribution is 2.22. The monoisotopic (exact) mass is 314 g/mol. The van der Waals surface area contributed by atoms with Crippen LogP contribution in [0.15, 0.2) is 50.3 Å². The van der Waals surface area contributed by atoms with Gasteiger partial charge in [0.15, 0.2) is 0 Å². The van der Waals surface area contributed by atoms with E-state index in [9.17, 15) is 9.59 Å². The Balaban J connectivity index is 1.73. The van der Waals surface area contributed by atoms with Crippen molar-refractivity contribution in [2.24, 2.45) is 0 Å². The third kappa shape index (κ3) is 3.26. The average molecular weight is 314 g/mol. The molecule has 5 heteroatoms. The minimum atomic E-state index is -0.411. The van der Waals surface area contributed by atoms with Crippen LogP contribution in [0.1, 0.15) is 17.5 Å². The maximum atomic E-state index is 11.9. The lowest BCUT2D eigenvalue weighted by molar-refractivity contribution is -0.134. The van der Waals surface area contributed by atoms with Gasteiger partial charge in [0.1, 0.15) is 11.3 Å². The molecular weight excluding hydrogens is 300 g/mol. The van der Waals surface area contributed by atoms with Crippen LogP contribution in [0.2, 0.25) is 0 Å². The largest absolute Gasteiger partial charge is 0.426 e. The fraction of sp³-hybridized carbons (Fsp3) is 0.176. The van der Waals surface area contributed by atoms with Crippen molar-refractivity contribution in [1.29, 1.82) is 0 Å². The van der Waals surface area contributed by atoms with E-state index in [1.54, 1.807) is 29.5 Å². The molecule has 0 bridgehead atoms. The molecule has 0 saturated heterocycles. The van der Waals surface area contributed by atoms with E-state index in [2.05, 4.69) is 0 Å². The zero-order valence-electron chi connectivity index (χ0n) is 12.0. The van der Waals surface area contributed by atoms with Gasteiger partial charge in [0, 0.05) is 17.5 Å². The van der Waals surface area contributed by atoms with E-state index in [1.165, 1.54) is 6.07 Å². The molecule has 2 aromatic heterocycles. The van der Waals surface area contributed by atoms with Gasteiger partial charge < -0.3 is 9.15 Å². The van der Waals surface area contributed by atoms with Crippen LogP contribution in [0.5, 0.6) is 5.75 Å². The molecule has 0 aliphatic carbocycles. The molecule has 1 aromatic carbocycles. The number of hydrogen-bond donors (Lipinski definition) is 0. The van der Waals surface area contributed by atoms with Crippen LogP contribution >= 0.6 is 11.3 Å². The van der Waals surface area contributed by atoms with Crippen molar-refractivity contribution < 1.29 is 13.9 Å². The van der Waals surface area contributed by atoms with E-state index < -0.39 is 5.63 Å². The zero-order valence-corrected chi connectivity index (χ0v) is 12.8. The van der Waals surface area contributed by atoms with Crippen molar-refractivity contribution in [3.05, 3.63) is 62.6 Å². The standard InChI is InChI=1S/C17H14O4S/c1-11-8-17(19)21-15-9-13(3-4-14(11)15)20-16(18)5-2-12-6-7-22-10-12/h3-4,6-10H,2,5H2,1H3. The highest BCUT2D eigenvalue weighted by Gasteiger charge is 2.08. The molecule has 0 aliphatic rings. The molecule has 2 heterocycles. The quantitative estimate of drug-likeness (QED) is 0.418. The third-order valence-electron chi connectivity index (χ3n) is 3.35. The Morgan fingerprint density at radius 3 is 2.91 bits per heavy atom. The van der Waals surface area contributed by atoms with Gasteiger partial charge in [-0.25, -0.2) is 4.79 Å². The van der Waals surface area contributed by atoms with Gasteiger partial charge in [0.25, 0.3) is 0 Å². The number of rotatable bonds is 4. The summed E-state index contributed by atoms with van der Waals surface area (Å²) in [6.45, 7) is 1.84. The van der Waals surface area contributed by atoms with Gasteiger partial charge in [-0.05, 0) is 53.4 Å². The topological polar surface area (TPSA) is 56.5 Å². The Kier molecular flexibility index (Phi) is 4.06. The van der Waals surface area contributed by atoms with E-state index in [0.717, 1.165) is 16.5 Å². The maximum Gasteiger partial charge on any atom is 0.336 e. The Labute approximate surface area is 131 Å². The lowest BCUT2D eigenvalue weighted by Gasteiger charge is -2.06. The zero-order chi connectivity index (χ0) is 15.5. The van der Waals surface area contributed by atoms with Crippen LogP contribution in [0.25, 0.3) is 11.0 Å². The molecule has 0 N–H and O–H groups in total. The molecule has 0 amide bonds. The fourth-order valence-corrected chi connectivity index (χ4v) is 2.94. The number of fused-ring (bicyclic) bond motifs is 1. The van der Waals surface area contributed by atoms with E-state index in [0.29, 0.717) is 24.2 Å². The molecule has 0 spiro atoms. The van der Waals surface area contributed by atoms with Crippen molar-refractivity contribution in [1.82, 2.24) is 0 Å². The molecule has 0 unspecified atom stereocenters. The fourth-order valence-electron chi connectivity index (χ4n) is 2.23. The second-order valence-corrected chi connectivity index (χ2v) is 5.79. The molecule has 4 nitrogen and oxygen atoms in total. The Morgan fingerprint density at radius 2 is 2.14 bits per heavy atom. The maximum absolute atomic E-state index is 11.9. The molecule has 22 heavy (non-hydrogen) atoms. The second-order valence-electron chi connectivity index (χ2n) is 5.01. The van der Waals surface area contributed by atoms with Crippen LogP contribution in [-0.4, -0.2) is 5.97 Å². The summed E-state index contributed by atoms with van der Waals surface area (Å²) in [5, 5.41) is 4.83. The Bertz CT molecular complexity index is 862. The number of ether oxygens (including phenoxy) is 1. The van der Waals surface area contributed by atoms with Gasteiger partial charge in [-0.1, -0.05) is 0 Å². The van der Waals surface area contributed by atoms with E-state index in [-0.39, 0.29) is 5.97 Å². The SMILES string of the molecule is Cc1cc(=O)oc2cc(OC(=O)CCc3ccsc3)ccc12. The number of hydrogen-bond acceptors (Lipinski definition) is 5. The summed E-state index contributed by atoms with van der Waals surface area (Å²) in [7, 11) is 0. The number of benzene rings is 1. The van der Waals surface area contributed by atoms with Gasteiger partial charge in [0.2, 0.25) is 0 Å². The molecule has 0 saturated carbocycles. The molecule has 3 rings (SSSR count). The summed E-state index contributed by atoms with van der Waals surface area (Å²) in [6, 6.07) is 8.50. The molecular formula is C17H14O4S. The van der Waals surface area contributed by atoms with Crippen LogP contribution < -0.4 is 10.4 Å². The number of carbonyl (C=O) groups excluding carboxylic acids is 1. The summed E-state index contributed by atoms with van der Waals surface area (Å²) in [6.07, 6.45) is 0.969. The van der Waals surface area contributed by atoms with Crippen LogP contribution in [0.4, 0.5) is 0 Å². The number of aryl methyl sites for hydroxylation is 2. The number of carbonyl (C=O) groups is 1. The van der Waals surface area contributed by atoms with Gasteiger partial charge in [-0.15, -0.1) is 0 Å². The van der Waals surface area contributed by atoms with Crippen molar-refractivity contribution in [3.8, 4) is 5.75 Å². The number of thiophene rings is 1. The molecule has 3 aromatic rings. The van der Waals surface area contributed by atoms with E-state index in [1.807, 2.05) is 23.8 Å².